The van der Waals surface area contributed by atoms with Gasteiger partial charge in [-0.2, -0.15) is 0 Å². The molecule has 130 valence electrons. The second-order valence-electron chi connectivity index (χ2n) is 6.11. The van der Waals surface area contributed by atoms with Gasteiger partial charge in [0.1, 0.15) is 6.61 Å². The Bertz CT molecular complexity index is 611. The molecule has 2 saturated heterocycles. The highest BCUT2D eigenvalue weighted by molar-refractivity contribution is 7.12. The van der Waals surface area contributed by atoms with Crippen molar-refractivity contribution in [3.63, 3.8) is 0 Å². The van der Waals surface area contributed by atoms with Crippen LogP contribution in [0.5, 0.6) is 0 Å². The summed E-state index contributed by atoms with van der Waals surface area (Å²) in [5, 5.41) is 4.48. The number of nitrogens with zero attached hydrogens (tertiary/aromatic N) is 2. The molecule has 1 unspecified atom stereocenters. The summed E-state index contributed by atoms with van der Waals surface area (Å²) < 4.78 is 5.07. The number of likely N-dealkylation sites (tertiary alicyclic amines) is 1. The Kier molecular flexibility index (Phi) is 5.03. The van der Waals surface area contributed by atoms with E-state index in [-0.39, 0.29) is 36.5 Å². The molecule has 1 N–H and O–H groups in total. The lowest BCUT2D eigenvalue weighted by atomic mass is 10.0. The van der Waals surface area contributed by atoms with Crippen LogP contribution in [0.4, 0.5) is 4.79 Å². The maximum Gasteiger partial charge on any atom is 0.410 e. The van der Waals surface area contributed by atoms with Crippen LogP contribution >= 0.6 is 11.3 Å². The Morgan fingerprint density at radius 3 is 2.71 bits per heavy atom. The van der Waals surface area contributed by atoms with E-state index in [2.05, 4.69) is 5.32 Å². The van der Waals surface area contributed by atoms with Gasteiger partial charge in [-0.3, -0.25) is 14.5 Å². The van der Waals surface area contributed by atoms with E-state index in [1.54, 1.807) is 21.9 Å². The molecule has 1 aromatic rings. The molecular weight excluding hydrogens is 330 g/mol. The molecule has 1 aromatic heterocycles. The lowest BCUT2D eigenvalue weighted by Gasteiger charge is -2.37. The van der Waals surface area contributed by atoms with Gasteiger partial charge in [0, 0.05) is 19.1 Å². The van der Waals surface area contributed by atoms with E-state index >= 15 is 0 Å². The van der Waals surface area contributed by atoms with E-state index in [1.165, 1.54) is 11.3 Å². The van der Waals surface area contributed by atoms with Crippen molar-refractivity contribution in [1.82, 2.24) is 15.1 Å². The van der Waals surface area contributed by atoms with E-state index in [1.807, 2.05) is 12.3 Å². The molecule has 0 saturated carbocycles. The minimum absolute atomic E-state index is 0.00353. The van der Waals surface area contributed by atoms with Crippen molar-refractivity contribution in [3.8, 4) is 0 Å². The molecular formula is C16H21N3O4S. The number of cyclic esters (lactones) is 1. The first-order valence-electron chi connectivity index (χ1n) is 8.11. The van der Waals surface area contributed by atoms with Crippen LogP contribution in [0.2, 0.25) is 0 Å². The summed E-state index contributed by atoms with van der Waals surface area (Å²) in [5.74, 6) is -0.308. The first-order valence-corrected chi connectivity index (χ1v) is 8.99. The average molecular weight is 351 g/mol. The van der Waals surface area contributed by atoms with Gasteiger partial charge in [-0.1, -0.05) is 6.07 Å². The van der Waals surface area contributed by atoms with Gasteiger partial charge in [0.25, 0.3) is 5.91 Å². The van der Waals surface area contributed by atoms with Gasteiger partial charge in [0.05, 0.1) is 17.5 Å². The van der Waals surface area contributed by atoms with E-state index < -0.39 is 0 Å². The Hall–Kier alpha value is -2.09. The molecule has 0 spiro atoms. The van der Waals surface area contributed by atoms with Crippen molar-refractivity contribution in [3.05, 3.63) is 22.4 Å². The minimum atomic E-state index is -0.254. The minimum Gasteiger partial charge on any atom is -0.447 e. The van der Waals surface area contributed by atoms with Gasteiger partial charge in [0.15, 0.2) is 0 Å². The molecule has 2 fully saturated rings. The molecule has 0 radical (unpaired) electrons. The number of carbonyl (C=O) groups excluding carboxylic acids is 3. The van der Waals surface area contributed by atoms with Gasteiger partial charge in [-0.15, -0.1) is 11.3 Å². The van der Waals surface area contributed by atoms with E-state index in [4.69, 9.17) is 4.74 Å². The monoisotopic (exact) mass is 351 g/mol. The van der Waals surface area contributed by atoms with Crippen LogP contribution in [-0.2, 0) is 9.53 Å². The molecule has 3 heterocycles. The van der Waals surface area contributed by atoms with Gasteiger partial charge < -0.3 is 15.0 Å². The number of piperidine rings is 1. The molecule has 0 bridgehead atoms. The molecule has 7 nitrogen and oxygen atoms in total. The van der Waals surface area contributed by atoms with E-state index in [0.717, 1.165) is 12.8 Å². The second kappa shape index (κ2) is 7.21. The molecule has 0 aromatic carbocycles. The number of hydrogen-bond donors (Lipinski definition) is 1. The summed E-state index contributed by atoms with van der Waals surface area (Å²) in [6.07, 6.45) is 1.23. The number of carbonyl (C=O) groups is 3. The summed E-state index contributed by atoms with van der Waals surface area (Å²) >= 11 is 1.35. The summed E-state index contributed by atoms with van der Waals surface area (Å²) in [6.45, 7) is 3.60. The summed E-state index contributed by atoms with van der Waals surface area (Å²) in [6, 6.07) is 3.75. The fraction of sp³-hybridized carbons (Fsp3) is 0.562. The van der Waals surface area contributed by atoms with Gasteiger partial charge in [-0.05, 0) is 31.2 Å². The third-order valence-electron chi connectivity index (χ3n) is 4.49. The highest BCUT2D eigenvalue weighted by atomic mass is 32.1. The normalized spacial score (nSPS) is 21.7. The molecule has 3 rings (SSSR count). The van der Waals surface area contributed by atoms with Crippen molar-refractivity contribution in [1.29, 1.82) is 0 Å². The largest absolute Gasteiger partial charge is 0.447 e. The molecule has 0 aliphatic carbocycles. The van der Waals surface area contributed by atoms with Crippen LogP contribution in [0, 0.1) is 0 Å². The fourth-order valence-corrected chi connectivity index (χ4v) is 3.83. The topological polar surface area (TPSA) is 79.0 Å². The number of rotatable bonds is 4. The molecule has 3 amide bonds. The zero-order chi connectivity index (χ0) is 17.1. The molecule has 2 aliphatic rings. The Morgan fingerprint density at radius 1 is 1.38 bits per heavy atom. The van der Waals surface area contributed by atoms with Gasteiger partial charge >= 0.3 is 6.09 Å². The lowest BCUT2D eigenvalue weighted by molar-refractivity contribution is -0.131. The number of ether oxygens (including phenoxy) is 1. The highest BCUT2D eigenvalue weighted by Gasteiger charge is 2.37. The predicted molar refractivity (Wildman–Crippen MR) is 88.9 cm³/mol. The number of hydrogen-bond acceptors (Lipinski definition) is 5. The molecule has 24 heavy (non-hydrogen) atoms. The number of thiophene rings is 1. The summed E-state index contributed by atoms with van der Waals surface area (Å²) in [5.41, 5.74) is 0. The van der Waals surface area contributed by atoms with E-state index in [0.29, 0.717) is 24.6 Å². The Labute approximate surface area is 144 Å². The van der Waals surface area contributed by atoms with Crippen molar-refractivity contribution < 1.29 is 19.1 Å². The van der Waals surface area contributed by atoms with Gasteiger partial charge in [0.2, 0.25) is 5.91 Å². The SMILES string of the molecule is CC1COC(=O)N1C1CCN(C(=O)CNC(=O)c2cccs2)CC1. The smallest absolute Gasteiger partial charge is 0.410 e. The quantitative estimate of drug-likeness (QED) is 0.887. The highest BCUT2D eigenvalue weighted by Crippen LogP contribution is 2.23. The lowest BCUT2D eigenvalue weighted by Crippen LogP contribution is -2.50. The summed E-state index contributed by atoms with van der Waals surface area (Å²) in [4.78, 5) is 40.0. The third-order valence-corrected chi connectivity index (χ3v) is 5.36. The Balaban J connectivity index is 1.45. The average Bonchev–Trinajstić information content (AvgIpc) is 3.23. The second-order valence-corrected chi connectivity index (χ2v) is 7.05. The molecule has 1 atom stereocenters. The third kappa shape index (κ3) is 3.53. The van der Waals surface area contributed by atoms with Crippen LogP contribution in [0.25, 0.3) is 0 Å². The van der Waals surface area contributed by atoms with Crippen LogP contribution in [0.3, 0.4) is 0 Å². The van der Waals surface area contributed by atoms with E-state index in [9.17, 15) is 14.4 Å². The maximum atomic E-state index is 12.2. The standard InChI is InChI=1S/C16H21N3O4S/c1-11-10-23-16(22)19(11)12-4-6-18(7-5-12)14(20)9-17-15(21)13-3-2-8-24-13/h2-3,8,11-12H,4-7,9-10H2,1H3,(H,17,21). The number of amides is 3. The van der Waals surface area contributed by atoms with Crippen molar-refractivity contribution >= 4 is 29.2 Å². The van der Waals surface area contributed by atoms with Crippen molar-refractivity contribution in [2.75, 3.05) is 26.2 Å². The zero-order valence-electron chi connectivity index (χ0n) is 13.6. The fourth-order valence-electron chi connectivity index (χ4n) is 3.19. The van der Waals surface area contributed by atoms with Crippen LogP contribution < -0.4 is 5.32 Å². The molecule has 2 aliphatic heterocycles. The first-order chi connectivity index (χ1) is 11.6. The van der Waals surface area contributed by atoms with Crippen molar-refractivity contribution in [2.45, 2.75) is 31.8 Å². The van der Waals surface area contributed by atoms with Crippen LogP contribution in [-0.4, -0.2) is 66.0 Å². The predicted octanol–water partition coefficient (Wildman–Crippen LogP) is 1.31. The van der Waals surface area contributed by atoms with Crippen LogP contribution in [0.1, 0.15) is 29.4 Å². The molecule has 8 heteroatoms. The zero-order valence-corrected chi connectivity index (χ0v) is 14.4. The maximum absolute atomic E-state index is 12.2. The van der Waals surface area contributed by atoms with Gasteiger partial charge in [-0.25, -0.2) is 4.79 Å². The summed E-state index contributed by atoms with van der Waals surface area (Å²) in [7, 11) is 0. The van der Waals surface area contributed by atoms with Crippen LogP contribution in [0.15, 0.2) is 17.5 Å². The Morgan fingerprint density at radius 2 is 2.12 bits per heavy atom. The van der Waals surface area contributed by atoms with Crippen molar-refractivity contribution in [2.24, 2.45) is 0 Å². The first kappa shape index (κ1) is 16.8. The number of nitrogens with one attached hydrogen (secondary N) is 1.